The van der Waals surface area contributed by atoms with Crippen LogP contribution in [0.1, 0.15) is 41.0 Å². The number of benzene rings is 2. The van der Waals surface area contributed by atoms with Crippen LogP contribution in [-0.2, 0) is 18.4 Å². The van der Waals surface area contributed by atoms with Crippen LogP contribution in [0.3, 0.4) is 0 Å². The van der Waals surface area contributed by atoms with E-state index in [1.165, 1.54) is 0 Å². The van der Waals surface area contributed by atoms with Gasteiger partial charge in [-0.05, 0) is 61.9 Å². The van der Waals surface area contributed by atoms with Crippen LogP contribution in [0.2, 0.25) is 0 Å². The van der Waals surface area contributed by atoms with Gasteiger partial charge >= 0.3 is 5.97 Å². The second-order valence-electron chi connectivity index (χ2n) is 8.27. The highest BCUT2D eigenvalue weighted by Crippen LogP contribution is 2.20. The molecule has 2 aromatic carbocycles. The summed E-state index contributed by atoms with van der Waals surface area (Å²) in [4.78, 5) is 23.8. The van der Waals surface area contributed by atoms with Gasteiger partial charge in [0.25, 0.3) is 5.91 Å². The van der Waals surface area contributed by atoms with E-state index in [0.29, 0.717) is 16.8 Å². The Morgan fingerprint density at radius 2 is 1.64 bits per heavy atom. The smallest absolute Gasteiger partial charge is 0.328 e. The van der Waals surface area contributed by atoms with E-state index in [-0.39, 0.29) is 6.61 Å². The van der Waals surface area contributed by atoms with E-state index in [1.54, 1.807) is 42.8 Å². The summed E-state index contributed by atoms with van der Waals surface area (Å²) in [5, 5.41) is 25.2. The van der Waals surface area contributed by atoms with Gasteiger partial charge in [0.2, 0.25) is 0 Å². The van der Waals surface area contributed by atoms with Gasteiger partial charge in [-0.2, -0.15) is 5.10 Å². The zero-order chi connectivity index (χ0) is 24.2. The Balaban J connectivity index is 1.69. The molecular formula is C25H26N4O4. The number of aryl methyl sites for hydroxylation is 1. The van der Waals surface area contributed by atoms with E-state index in [1.807, 2.05) is 37.4 Å². The predicted molar refractivity (Wildman–Crippen MR) is 124 cm³/mol. The van der Waals surface area contributed by atoms with Crippen molar-refractivity contribution in [3.63, 3.8) is 0 Å². The molecule has 0 spiro atoms. The van der Waals surface area contributed by atoms with Crippen LogP contribution >= 0.6 is 0 Å². The molecule has 0 fully saturated rings. The number of hydrogen-bond acceptors (Lipinski definition) is 5. The summed E-state index contributed by atoms with van der Waals surface area (Å²) in [7, 11) is 1.82. The molecular weight excluding hydrogens is 420 g/mol. The lowest BCUT2D eigenvalue weighted by Crippen LogP contribution is -2.58. The molecule has 0 saturated heterocycles. The lowest BCUT2D eigenvalue weighted by molar-refractivity contribution is -0.140. The minimum Gasteiger partial charge on any atom is -0.480 e. The number of nitrogens with one attached hydrogen (secondary N) is 1. The number of aromatic nitrogens is 2. The highest BCUT2D eigenvalue weighted by molar-refractivity contribution is 5.97. The molecule has 170 valence electrons. The van der Waals surface area contributed by atoms with Gasteiger partial charge in [-0.15, -0.1) is 0 Å². The number of aliphatic carboxylic acids is 1. The van der Waals surface area contributed by atoms with Crippen LogP contribution in [0, 0.1) is 11.8 Å². The lowest BCUT2D eigenvalue weighted by Gasteiger charge is -2.27. The molecule has 0 radical (unpaired) electrons. The third kappa shape index (κ3) is 5.86. The van der Waals surface area contributed by atoms with Gasteiger partial charge in [-0.25, -0.2) is 4.79 Å². The van der Waals surface area contributed by atoms with Crippen LogP contribution in [0.25, 0.3) is 11.3 Å². The number of carbonyl (C=O) groups excluding carboxylic acids is 1. The fourth-order valence-electron chi connectivity index (χ4n) is 3.23. The Morgan fingerprint density at radius 1 is 1.09 bits per heavy atom. The summed E-state index contributed by atoms with van der Waals surface area (Å²) < 4.78 is 1.72. The van der Waals surface area contributed by atoms with Crippen LogP contribution < -0.4 is 11.1 Å². The quantitative estimate of drug-likeness (QED) is 0.428. The van der Waals surface area contributed by atoms with E-state index in [0.717, 1.165) is 16.8 Å². The van der Waals surface area contributed by atoms with Gasteiger partial charge in [0.05, 0.1) is 18.0 Å². The topological polar surface area (TPSA) is 130 Å². The maximum Gasteiger partial charge on any atom is 0.328 e. The second-order valence-corrected chi connectivity index (χ2v) is 8.27. The van der Waals surface area contributed by atoms with Crippen LogP contribution in [0.4, 0.5) is 0 Å². The first-order valence-electron chi connectivity index (χ1n) is 10.3. The maximum absolute atomic E-state index is 12.4. The molecule has 1 heterocycles. The molecule has 0 aliphatic carbocycles. The van der Waals surface area contributed by atoms with E-state index in [9.17, 15) is 19.8 Å². The van der Waals surface area contributed by atoms with Gasteiger partial charge in [0.15, 0.2) is 0 Å². The molecule has 0 aliphatic rings. The third-order valence-electron chi connectivity index (χ3n) is 5.04. The molecule has 8 nitrogen and oxygen atoms in total. The van der Waals surface area contributed by atoms with Gasteiger partial charge in [0, 0.05) is 29.3 Å². The van der Waals surface area contributed by atoms with Crippen molar-refractivity contribution < 1.29 is 19.8 Å². The number of nitrogens with zero attached hydrogens (tertiary/aromatic N) is 2. The molecule has 1 unspecified atom stereocenters. The third-order valence-corrected chi connectivity index (χ3v) is 5.04. The van der Waals surface area contributed by atoms with Gasteiger partial charge in [-0.1, -0.05) is 24.0 Å². The monoisotopic (exact) mass is 446 g/mol. The van der Waals surface area contributed by atoms with Crippen molar-refractivity contribution in [2.45, 2.75) is 32.0 Å². The first-order valence-corrected chi connectivity index (χ1v) is 10.3. The number of nitrogens with two attached hydrogens (primary N) is 1. The minimum atomic E-state index is -1.21. The number of aliphatic hydroxyl groups excluding tert-OH is 1. The van der Waals surface area contributed by atoms with E-state index in [4.69, 9.17) is 5.73 Å². The average Bonchev–Trinajstić information content (AvgIpc) is 3.16. The Hall–Kier alpha value is -3.93. The highest BCUT2D eigenvalue weighted by atomic mass is 16.4. The SMILES string of the molecule is Cn1nc(CO)cc1-c1ccc(C#Cc2ccc(C(=O)NC(C(=O)O)C(C)(C)N)cc2)cc1. The number of carbonyl (C=O) groups is 2. The summed E-state index contributed by atoms with van der Waals surface area (Å²) in [5.74, 6) is 4.42. The van der Waals surface area contributed by atoms with Crippen molar-refractivity contribution in [2.24, 2.45) is 12.8 Å². The Labute approximate surface area is 192 Å². The molecule has 33 heavy (non-hydrogen) atoms. The van der Waals surface area contributed by atoms with Crippen molar-refractivity contribution in [1.29, 1.82) is 0 Å². The zero-order valence-corrected chi connectivity index (χ0v) is 18.7. The van der Waals surface area contributed by atoms with Crippen molar-refractivity contribution in [3.8, 4) is 23.1 Å². The molecule has 1 aromatic heterocycles. The van der Waals surface area contributed by atoms with Gasteiger partial charge in [-0.3, -0.25) is 9.48 Å². The largest absolute Gasteiger partial charge is 0.480 e. The minimum absolute atomic E-state index is 0.108. The molecule has 0 bridgehead atoms. The molecule has 3 aromatic rings. The number of carboxylic acid groups (broad SMARTS) is 1. The standard InChI is InChI=1S/C25H26N4O4/c1-25(2,26)22(24(32)33)27-23(31)19-12-8-17(9-13-19)5-4-16-6-10-18(11-7-16)21-14-20(15-30)28-29(21)3/h6-14,22,30H,15,26H2,1-3H3,(H,27,31)(H,32,33). The Kier molecular flexibility index (Phi) is 6.97. The second kappa shape index (κ2) is 9.69. The van der Waals surface area contributed by atoms with Crippen molar-refractivity contribution in [3.05, 3.63) is 77.0 Å². The first-order chi connectivity index (χ1) is 15.6. The fourth-order valence-corrected chi connectivity index (χ4v) is 3.23. The van der Waals surface area contributed by atoms with Crippen molar-refractivity contribution in [2.75, 3.05) is 0 Å². The van der Waals surface area contributed by atoms with Crippen LogP contribution in [0.5, 0.6) is 0 Å². The molecule has 1 amide bonds. The predicted octanol–water partition coefficient (Wildman–Crippen LogP) is 1.90. The molecule has 0 aliphatic heterocycles. The zero-order valence-electron chi connectivity index (χ0n) is 18.7. The fraction of sp³-hybridized carbons (Fsp3) is 0.240. The number of carboxylic acids is 1. The van der Waals surface area contributed by atoms with Crippen molar-refractivity contribution in [1.82, 2.24) is 15.1 Å². The van der Waals surface area contributed by atoms with Crippen LogP contribution in [0.15, 0.2) is 54.6 Å². The summed E-state index contributed by atoms with van der Waals surface area (Å²) >= 11 is 0. The summed E-state index contributed by atoms with van der Waals surface area (Å²) in [6.07, 6.45) is 0. The lowest BCUT2D eigenvalue weighted by atomic mass is 9.95. The number of hydrogen-bond donors (Lipinski definition) is 4. The first kappa shape index (κ1) is 23.7. The highest BCUT2D eigenvalue weighted by Gasteiger charge is 2.33. The van der Waals surface area contributed by atoms with Gasteiger partial charge in [0.1, 0.15) is 6.04 Å². The average molecular weight is 447 g/mol. The van der Waals surface area contributed by atoms with E-state index >= 15 is 0 Å². The Morgan fingerprint density at radius 3 is 2.09 bits per heavy atom. The Bertz CT molecular complexity index is 1210. The maximum atomic E-state index is 12.4. The molecule has 0 saturated carbocycles. The summed E-state index contributed by atoms with van der Waals surface area (Å²) in [5.41, 5.74) is 9.07. The summed E-state index contributed by atoms with van der Waals surface area (Å²) in [6.45, 7) is 2.98. The molecule has 5 N–H and O–H groups in total. The molecule has 1 atom stereocenters. The molecule has 3 rings (SSSR count). The summed E-state index contributed by atoms with van der Waals surface area (Å²) in [6, 6.07) is 14.9. The number of rotatable bonds is 6. The van der Waals surface area contributed by atoms with E-state index in [2.05, 4.69) is 22.3 Å². The normalized spacial score (nSPS) is 11.9. The van der Waals surface area contributed by atoms with Crippen LogP contribution in [-0.4, -0.2) is 43.5 Å². The molecule has 8 heteroatoms. The number of amides is 1. The van der Waals surface area contributed by atoms with Gasteiger partial charge < -0.3 is 21.3 Å². The van der Waals surface area contributed by atoms with E-state index < -0.39 is 23.5 Å². The van der Waals surface area contributed by atoms with Crippen molar-refractivity contribution >= 4 is 11.9 Å². The number of aliphatic hydroxyl groups is 1.